The van der Waals surface area contributed by atoms with Crippen molar-refractivity contribution >= 4 is 11.8 Å². The van der Waals surface area contributed by atoms with E-state index in [2.05, 4.69) is 22.6 Å². The number of carbonyl (C=O) groups is 1. The number of benzene rings is 1. The molecule has 0 atom stereocenters. The summed E-state index contributed by atoms with van der Waals surface area (Å²) in [6.07, 6.45) is 0.885. The van der Waals surface area contributed by atoms with Crippen LogP contribution >= 0.6 is 0 Å². The third-order valence-electron chi connectivity index (χ3n) is 3.90. The lowest BCUT2D eigenvalue weighted by atomic mass is 9.93. The molecule has 116 valence electrons. The van der Waals surface area contributed by atoms with Gasteiger partial charge >= 0.3 is 6.03 Å². The summed E-state index contributed by atoms with van der Waals surface area (Å²) in [4.78, 5) is 14.2. The summed E-state index contributed by atoms with van der Waals surface area (Å²) in [6.45, 7) is 7.47. The van der Waals surface area contributed by atoms with Crippen LogP contribution in [0.15, 0.2) is 34.9 Å². The zero-order valence-corrected chi connectivity index (χ0v) is 13.2. The van der Waals surface area contributed by atoms with Crippen LogP contribution in [0.1, 0.15) is 37.7 Å². The molecular formula is C17H21N3O2. The van der Waals surface area contributed by atoms with Gasteiger partial charge in [-0.3, -0.25) is 5.32 Å². The van der Waals surface area contributed by atoms with Gasteiger partial charge in [-0.25, -0.2) is 4.79 Å². The predicted octanol–water partition coefficient (Wildman–Crippen LogP) is 3.56. The van der Waals surface area contributed by atoms with Gasteiger partial charge in [0.15, 0.2) is 5.82 Å². The Kier molecular flexibility index (Phi) is 3.64. The minimum Gasteiger partial charge on any atom is -0.359 e. The molecule has 1 aromatic carbocycles. The molecule has 1 aliphatic rings. The third kappa shape index (κ3) is 2.98. The van der Waals surface area contributed by atoms with E-state index in [0.29, 0.717) is 18.9 Å². The van der Waals surface area contributed by atoms with Crippen LogP contribution in [0.25, 0.3) is 0 Å². The number of nitrogens with one attached hydrogen (secondary N) is 1. The van der Waals surface area contributed by atoms with Gasteiger partial charge in [0.05, 0.1) is 0 Å². The van der Waals surface area contributed by atoms with Gasteiger partial charge in [-0.1, -0.05) is 50.2 Å². The van der Waals surface area contributed by atoms with Crippen molar-refractivity contribution in [3.05, 3.63) is 47.2 Å². The fraction of sp³-hybridized carbons (Fsp3) is 0.412. The summed E-state index contributed by atoms with van der Waals surface area (Å²) in [5, 5.41) is 6.75. The van der Waals surface area contributed by atoms with Gasteiger partial charge in [-0.05, 0) is 17.5 Å². The number of urea groups is 1. The van der Waals surface area contributed by atoms with Gasteiger partial charge in [0, 0.05) is 24.6 Å². The standard InChI is InChI=1S/C17H21N3O2/c1-17(2,3)14-10-15(19-22-14)18-16(21)20-9-8-12-6-4-5-7-13(12)11-20/h4-7,10H,8-9,11H2,1-3H3,(H,18,19,21). The van der Waals surface area contributed by atoms with Crippen molar-refractivity contribution in [2.24, 2.45) is 0 Å². The van der Waals surface area contributed by atoms with E-state index < -0.39 is 0 Å². The number of carbonyl (C=O) groups excluding carboxylic acids is 1. The molecule has 22 heavy (non-hydrogen) atoms. The number of anilines is 1. The Hall–Kier alpha value is -2.30. The van der Waals surface area contributed by atoms with Crippen LogP contribution in [0.4, 0.5) is 10.6 Å². The molecule has 3 rings (SSSR count). The number of hydrogen-bond acceptors (Lipinski definition) is 3. The Morgan fingerprint density at radius 2 is 2.00 bits per heavy atom. The first kappa shape index (κ1) is 14.6. The highest BCUT2D eigenvalue weighted by Crippen LogP contribution is 2.25. The topological polar surface area (TPSA) is 58.4 Å². The second kappa shape index (κ2) is 5.48. The van der Waals surface area contributed by atoms with Crippen LogP contribution < -0.4 is 5.32 Å². The molecule has 0 spiro atoms. The van der Waals surface area contributed by atoms with E-state index in [1.807, 2.05) is 32.9 Å². The molecule has 0 radical (unpaired) electrons. The Morgan fingerprint density at radius 3 is 2.68 bits per heavy atom. The van der Waals surface area contributed by atoms with E-state index in [9.17, 15) is 4.79 Å². The molecule has 0 fully saturated rings. The summed E-state index contributed by atoms with van der Waals surface area (Å²) < 4.78 is 5.29. The normalized spacial score (nSPS) is 14.6. The average Bonchev–Trinajstić information content (AvgIpc) is 2.95. The smallest absolute Gasteiger partial charge is 0.323 e. The van der Waals surface area contributed by atoms with Crippen molar-refractivity contribution in [3.63, 3.8) is 0 Å². The molecule has 1 aliphatic heterocycles. The zero-order valence-electron chi connectivity index (χ0n) is 13.2. The molecule has 0 saturated carbocycles. The van der Waals surface area contributed by atoms with Gasteiger partial charge < -0.3 is 9.42 Å². The highest BCUT2D eigenvalue weighted by molar-refractivity contribution is 5.88. The molecule has 0 bridgehead atoms. The summed E-state index contributed by atoms with van der Waals surface area (Å²) in [5.74, 6) is 1.22. The van der Waals surface area contributed by atoms with Gasteiger partial charge in [-0.2, -0.15) is 0 Å². The molecule has 2 aromatic rings. The molecule has 5 nitrogen and oxygen atoms in total. The van der Waals surface area contributed by atoms with Crippen molar-refractivity contribution in [2.75, 3.05) is 11.9 Å². The molecule has 2 amide bonds. The first-order valence-corrected chi connectivity index (χ1v) is 7.53. The van der Waals surface area contributed by atoms with Crippen molar-refractivity contribution in [3.8, 4) is 0 Å². The molecule has 1 N–H and O–H groups in total. The minimum absolute atomic E-state index is 0.125. The lowest BCUT2D eigenvalue weighted by Gasteiger charge is -2.28. The summed E-state index contributed by atoms with van der Waals surface area (Å²) in [5.41, 5.74) is 2.41. The maximum atomic E-state index is 12.4. The largest absolute Gasteiger partial charge is 0.359 e. The van der Waals surface area contributed by atoms with Crippen molar-refractivity contribution in [1.82, 2.24) is 10.1 Å². The number of hydrogen-bond donors (Lipinski definition) is 1. The second-order valence-electron chi connectivity index (χ2n) is 6.70. The number of aromatic nitrogens is 1. The highest BCUT2D eigenvalue weighted by Gasteiger charge is 2.23. The van der Waals surface area contributed by atoms with E-state index in [-0.39, 0.29) is 11.4 Å². The van der Waals surface area contributed by atoms with E-state index in [4.69, 9.17) is 4.52 Å². The molecular weight excluding hydrogens is 278 g/mol. The van der Waals surface area contributed by atoms with Crippen LogP contribution in [0.3, 0.4) is 0 Å². The second-order valence-corrected chi connectivity index (χ2v) is 6.70. The number of fused-ring (bicyclic) bond motifs is 1. The molecule has 0 saturated heterocycles. The third-order valence-corrected chi connectivity index (χ3v) is 3.90. The van der Waals surface area contributed by atoms with Crippen LogP contribution in [-0.2, 0) is 18.4 Å². The maximum absolute atomic E-state index is 12.4. The van der Waals surface area contributed by atoms with E-state index >= 15 is 0 Å². The van der Waals surface area contributed by atoms with Crippen molar-refractivity contribution < 1.29 is 9.32 Å². The first-order chi connectivity index (χ1) is 10.4. The van der Waals surface area contributed by atoms with Gasteiger partial charge in [0.25, 0.3) is 0 Å². The summed E-state index contributed by atoms with van der Waals surface area (Å²) >= 11 is 0. The van der Waals surface area contributed by atoms with Crippen LogP contribution in [0, 0.1) is 0 Å². The van der Waals surface area contributed by atoms with Gasteiger partial charge in [0.2, 0.25) is 0 Å². The van der Waals surface area contributed by atoms with Gasteiger partial charge in [-0.15, -0.1) is 0 Å². The fourth-order valence-corrected chi connectivity index (χ4v) is 2.55. The Labute approximate surface area is 130 Å². The SMILES string of the molecule is CC(C)(C)c1cc(NC(=O)N2CCc3ccccc3C2)no1. The van der Waals surface area contributed by atoms with Gasteiger partial charge in [0.1, 0.15) is 5.76 Å². The fourth-order valence-electron chi connectivity index (χ4n) is 2.55. The minimum atomic E-state index is -0.136. The van der Waals surface area contributed by atoms with Crippen LogP contribution in [0.2, 0.25) is 0 Å². The van der Waals surface area contributed by atoms with Crippen molar-refractivity contribution in [1.29, 1.82) is 0 Å². The zero-order chi connectivity index (χ0) is 15.7. The Morgan fingerprint density at radius 1 is 1.27 bits per heavy atom. The number of rotatable bonds is 1. The molecule has 5 heteroatoms. The average molecular weight is 299 g/mol. The van der Waals surface area contributed by atoms with Crippen LogP contribution in [-0.4, -0.2) is 22.6 Å². The van der Waals surface area contributed by atoms with E-state index in [1.165, 1.54) is 11.1 Å². The quantitative estimate of drug-likeness (QED) is 0.876. The van der Waals surface area contributed by atoms with Crippen LogP contribution in [0.5, 0.6) is 0 Å². The molecule has 2 heterocycles. The monoisotopic (exact) mass is 299 g/mol. The lowest BCUT2D eigenvalue weighted by molar-refractivity contribution is 0.206. The Bertz CT molecular complexity index is 685. The van der Waals surface area contributed by atoms with E-state index in [0.717, 1.165) is 12.2 Å². The Balaban J connectivity index is 1.67. The summed E-state index contributed by atoms with van der Waals surface area (Å²) in [7, 11) is 0. The molecule has 0 unspecified atom stereocenters. The lowest BCUT2D eigenvalue weighted by Crippen LogP contribution is -2.38. The van der Waals surface area contributed by atoms with E-state index in [1.54, 1.807) is 11.0 Å². The molecule has 1 aromatic heterocycles. The number of amides is 2. The predicted molar refractivity (Wildman–Crippen MR) is 84.8 cm³/mol. The maximum Gasteiger partial charge on any atom is 0.323 e. The summed E-state index contributed by atoms with van der Waals surface area (Å²) in [6, 6.07) is 9.89. The highest BCUT2D eigenvalue weighted by atomic mass is 16.5. The number of nitrogens with zero attached hydrogens (tertiary/aromatic N) is 2. The first-order valence-electron chi connectivity index (χ1n) is 7.53. The van der Waals surface area contributed by atoms with Crippen molar-refractivity contribution in [2.45, 2.75) is 39.2 Å². The molecule has 0 aliphatic carbocycles.